The van der Waals surface area contributed by atoms with E-state index in [1.54, 1.807) is 29.9 Å². The van der Waals surface area contributed by atoms with E-state index in [1.807, 2.05) is 6.20 Å². The number of nitrogens with one attached hydrogen (secondary N) is 3. The minimum absolute atomic E-state index is 0.0195. The summed E-state index contributed by atoms with van der Waals surface area (Å²) in [5.41, 5.74) is 7.24. The predicted molar refractivity (Wildman–Crippen MR) is 139 cm³/mol. The number of amides is 1. The first-order chi connectivity index (χ1) is 17.9. The Morgan fingerprint density at radius 1 is 1.22 bits per heavy atom. The third-order valence-electron chi connectivity index (χ3n) is 7.66. The number of ether oxygens (including phenoxy) is 1. The number of dihydropyridines is 1. The van der Waals surface area contributed by atoms with Crippen LogP contribution in [0.15, 0.2) is 59.3 Å². The molecule has 0 bridgehead atoms. The molecule has 1 fully saturated rings. The Morgan fingerprint density at radius 3 is 2.78 bits per heavy atom. The lowest BCUT2D eigenvalue weighted by molar-refractivity contribution is -0.129. The second-order valence-corrected chi connectivity index (χ2v) is 10.4. The Bertz CT molecular complexity index is 1290. The zero-order chi connectivity index (χ0) is 25.6. The Balaban J connectivity index is 1.22. The van der Waals surface area contributed by atoms with E-state index >= 15 is 0 Å². The van der Waals surface area contributed by atoms with Gasteiger partial charge < -0.3 is 20.3 Å². The lowest BCUT2D eigenvalue weighted by Gasteiger charge is -2.30. The molecule has 3 aliphatic heterocycles. The normalized spacial score (nSPS) is 22.4. The van der Waals surface area contributed by atoms with Crippen molar-refractivity contribution in [2.24, 2.45) is 10.9 Å². The Labute approximate surface area is 216 Å². The Kier molecular flexibility index (Phi) is 5.91. The van der Waals surface area contributed by atoms with Crippen molar-refractivity contribution in [1.29, 1.82) is 0 Å². The molecule has 6 rings (SSSR count). The highest BCUT2D eigenvalue weighted by Crippen LogP contribution is 2.49. The van der Waals surface area contributed by atoms with Gasteiger partial charge in [-0.3, -0.25) is 9.48 Å². The monoisotopic (exact) mass is 503 g/mol. The number of rotatable bonds is 7. The van der Waals surface area contributed by atoms with E-state index in [-0.39, 0.29) is 17.9 Å². The van der Waals surface area contributed by atoms with E-state index in [0.717, 1.165) is 48.9 Å². The highest BCUT2D eigenvalue weighted by molar-refractivity contribution is 5.94. The first kappa shape index (κ1) is 23.6. The summed E-state index contributed by atoms with van der Waals surface area (Å²) in [7, 11) is 3.47. The van der Waals surface area contributed by atoms with Crippen LogP contribution in [0, 0.1) is 5.92 Å². The third kappa shape index (κ3) is 4.46. The molecule has 1 aliphatic carbocycles. The van der Waals surface area contributed by atoms with Crippen LogP contribution in [-0.2, 0) is 26.3 Å². The van der Waals surface area contributed by atoms with Crippen molar-refractivity contribution in [2.45, 2.75) is 38.0 Å². The number of carbonyl (C=O) groups excluding carboxylic acids is 1. The molecule has 2 aromatic rings. The predicted octanol–water partition coefficient (Wildman–Crippen LogP) is 2.05. The maximum atomic E-state index is 12.0. The fourth-order valence-corrected chi connectivity index (χ4v) is 5.13. The molecule has 1 aromatic heterocycles. The number of aliphatic imine (C=N–C) groups is 1. The van der Waals surface area contributed by atoms with Gasteiger partial charge in [0, 0.05) is 32.4 Å². The molecular weight excluding hydrogens is 470 g/mol. The quantitative estimate of drug-likeness (QED) is 0.531. The summed E-state index contributed by atoms with van der Waals surface area (Å²) in [6.45, 7) is 4.69. The molecule has 1 saturated carbocycles. The van der Waals surface area contributed by atoms with Gasteiger partial charge in [0.25, 0.3) is 0 Å². The first-order valence-corrected chi connectivity index (χ1v) is 12.8. The van der Waals surface area contributed by atoms with Crippen molar-refractivity contribution < 1.29 is 14.4 Å². The zero-order valence-corrected chi connectivity index (χ0v) is 21.5. The van der Waals surface area contributed by atoms with Crippen LogP contribution in [0.1, 0.15) is 42.7 Å². The summed E-state index contributed by atoms with van der Waals surface area (Å²) >= 11 is 0. The standard InChI is InChI=1S/C27H33N7O3/c1-27(21-8-9-21,26-31-25(37-32-26)19-14-30-34(15-19)16-23(35)33(2)3)20-6-4-17(5-7-20)18-12-22-24(29-13-18)28-10-11-36-22/h4-7,12,14-15,21,25,28-29H,8-11,13,16H2,1-3H3,(H,31,32)/t25?,27-/m0/s1. The van der Waals surface area contributed by atoms with Gasteiger partial charge in [0.05, 0.1) is 18.2 Å². The second-order valence-electron chi connectivity index (χ2n) is 10.4. The highest BCUT2D eigenvalue weighted by Gasteiger charge is 2.48. The number of nitrogens with zero attached hydrogens (tertiary/aromatic N) is 4. The van der Waals surface area contributed by atoms with E-state index < -0.39 is 6.23 Å². The van der Waals surface area contributed by atoms with Gasteiger partial charge in [0.15, 0.2) is 5.76 Å². The molecule has 4 heterocycles. The summed E-state index contributed by atoms with van der Waals surface area (Å²) in [4.78, 5) is 24.4. The lowest BCUT2D eigenvalue weighted by atomic mass is 9.76. The molecule has 10 nitrogen and oxygen atoms in total. The number of allylic oxidation sites excluding steroid dienone is 1. The van der Waals surface area contributed by atoms with Crippen molar-refractivity contribution in [3.05, 3.63) is 71.0 Å². The van der Waals surface area contributed by atoms with Crippen LogP contribution in [0.5, 0.6) is 0 Å². The van der Waals surface area contributed by atoms with Gasteiger partial charge in [0.2, 0.25) is 12.1 Å². The Hall–Kier alpha value is -3.79. The van der Waals surface area contributed by atoms with Gasteiger partial charge in [0.1, 0.15) is 24.8 Å². The van der Waals surface area contributed by atoms with Crippen LogP contribution < -0.4 is 16.1 Å². The van der Waals surface area contributed by atoms with Crippen molar-refractivity contribution in [3.8, 4) is 0 Å². The van der Waals surface area contributed by atoms with E-state index in [0.29, 0.717) is 12.5 Å². The van der Waals surface area contributed by atoms with Crippen LogP contribution in [0.2, 0.25) is 0 Å². The molecular formula is C27H33N7O3. The molecule has 2 atom stereocenters. The van der Waals surface area contributed by atoms with Gasteiger partial charge in [-0.15, -0.1) is 0 Å². The lowest BCUT2D eigenvalue weighted by Crippen LogP contribution is -2.41. The first-order valence-electron chi connectivity index (χ1n) is 12.8. The SMILES string of the molecule is CN(C)C(=O)Cn1cc(C2N=C([C@@](C)(c3ccc(C4=CC5=C(NCCO5)NC4)cc3)C3CC3)NO2)cn1. The molecule has 0 radical (unpaired) electrons. The summed E-state index contributed by atoms with van der Waals surface area (Å²) in [5, 5.41) is 11.1. The summed E-state index contributed by atoms with van der Waals surface area (Å²) < 4.78 is 7.43. The zero-order valence-electron chi connectivity index (χ0n) is 21.5. The number of hydrogen-bond acceptors (Lipinski definition) is 8. The largest absolute Gasteiger partial charge is 0.488 e. The molecule has 1 unspecified atom stereocenters. The summed E-state index contributed by atoms with van der Waals surface area (Å²) in [5.74, 6) is 3.16. The van der Waals surface area contributed by atoms with E-state index in [1.165, 1.54) is 16.7 Å². The number of hydrogen-bond donors (Lipinski definition) is 3. The van der Waals surface area contributed by atoms with Crippen LogP contribution in [0.25, 0.3) is 5.57 Å². The van der Waals surface area contributed by atoms with Gasteiger partial charge >= 0.3 is 0 Å². The van der Waals surface area contributed by atoms with Crippen molar-refractivity contribution >= 4 is 17.3 Å². The van der Waals surface area contributed by atoms with E-state index in [4.69, 9.17) is 14.6 Å². The molecule has 37 heavy (non-hydrogen) atoms. The summed E-state index contributed by atoms with van der Waals surface area (Å²) in [6, 6.07) is 8.79. The van der Waals surface area contributed by atoms with Gasteiger partial charge in [-0.1, -0.05) is 24.3 Å². The highest BCUT2D eigenvalue weighted by atomic mass is 16.7. The van der Waals surface area contributed by atoms with Gasteiger partial charge in [-0.25, -0.2) is 15.3 Å². The number of aromatic nitrogens is 2. The van der Waals surface area contributed by atoms with E-state index in [2.05, 4.69) is 58.5 Å². The summed E-state index contributed by atoms with van der Waals surface area (Å²) in [6.07, 6.45) is 7.47. The number of carbonyl (C=O) groups is 1. The average Bonchev–Trinajstić information content (AvgIpc) is 3.48. The van der Waals surface area contributed by atoms with Crippen molar-refractivity contribution in [3.63, 3.8) is 0 Å². The molecule has 0 spiro atoms. The van der Waals surface area contributed by atoms with Crippen LogP contribution in [0.4, 0.5) is 0 Å². The Morgan fingerprint density at radius 2 is 2.03 bits per heavy atom. The molecule has 4 aliphatic rings. The minimum Gasteiger partial charge on any atom is -0.488 e. The van der Waals surface area contributed by atoms with Crippen molar-refractivity contribution in [2.75, 3.05) is 33.8 Å². The number of amidine groups is 1. The van der Waals surface area contributed by atoms with Crippen LogP contribution in [0.3, 0.4) is 0 Å². The molecule has 1 aromatic carbocycles. The third-order valence-corrected chi connectivity index (χ3v) is 7.66. The minimum atomic E-state index is -0.499. The average molecular weight is 504 g/mol. The van der Waals surface area contributed by atoms with E-state index in [9.17, 15) is 4.79 Å². The topological polar surface area (TPSA) is 105 Å². The maximum absolute atomic E-state index is 12.0. The molecule has 10 heteroatoms. The van der Waals surface area contributed by atoms with Gasteiger partial charge in [-0.05, 0) is 48.5 Å². The molecule has 194 valence electrons. The number of likely N-dealkylation sites (N-methyl/N-ethyl adjacent to an activating group) is 1. The number of benzene rings is 1. The maximum Gasteiger partial charge on any atom is 0.243 e. The van der Waals surface area contributed by atoms with Gasteiger partial charge in [-0.2, -0.15) is 5.10 Å². The molecule has 1 amide bonds. The second kappa shape index (κ2) is 9.26. The number of hydroxylamine groups is 1. The molecule has 0 saturated heterocycles. The smallest absolute Gasteiger partial charge is 0.243 e. The fourth-order valence-electron chi connectivity index (χ4n) is 5.13. The van der Waals surface area contributed by atoms with Crippen molar-refractivity contribution in [1.82, 2.24) is 30.8 Å². The fraction of sp³-hybridized carbons (Fsp3) is 0.444. The van der Waals surface area contributed by atoms with Crippen LogP contribution in [-0.4, -0.2) is 60.2 Å². The van der Waals surface area contributed by atoms with Crippen LogP contribution >= 0.6 is 0 Å². The molecule has 3 N–H and O–H groups in total.